The van der Waals surface area contributed by atoms with Crippen molar-refractivity contribution in [1.29, 1.82) is 0 Å². The van der Waals surface area contributed by atoms with E-state index in [9.17, 15) is 14.4 Å². The van der Waals surface area contributed by atoms with E-state index in [1.165, 1.54) is 11.3 Å². The molecule has 0 unspecified atom stereocenters. The molecule has 2 aliphatic rings. The Labute approximate surface area is 299 Å². The van der Waals surface area contributed by atoms with Crippen LogP contribution in [0.5, 0.6) is 17.2 Å². The molecule has 0 fully saturated rings. The number of aryl methyl sites for hydroxylation is 1. The van der Waals surface area contributed by atoms with E-state index in [0.29, 0.717) is 58.0 Å². The lowest BCUT2D eigenvalue weighted by molar-refractivity contribution is -0.109. The van der Waals surface area contributed by atoms with Crippen molar-refractivity contribution in [1.82, 2.24) is 15.6 Å². The first kappa shape index (κ1) is 33.6. The predicted octanol–water partition coefficient (Wildman–Crippen LogP) is 5.87. The molecule has 4 aromatic carbocycles. The second kappa shape index (κ2) is 13.4. The molecule has 0 saturated heterocycles. The third kappa shape index (κ3) is 6.01. The third-order valence-electron chi connectivity index (χ3n) is 9.16. The van der Waals surface area contributed by atoms with Crippen LogP contribution in [0.3, 0.4) is 0 Å². The van der Waals surface area contributed by atoms with Gasteiger partial charge in [-0.05, 0) is 55.0 Å². The monoisotopic (exact) mass is 703 g/mol. The third-order valence-corrected chi connectivity index (χ3v) is 10.1. The van der Waals surface area contributed by atoms with E-state index in [0.717, 1.165) is 33.1 Å². The maximum Gasteiger partial charge on any atom is 0.340 e. The molecule has 5 aromatic rings. The van der Waals surface area contributed by atoms with Gasteiger partial charge in [0.1, 0.15) is 23.9 Å². The molecule has 260 valence electrons. The van der Waals surface area contributed by atoms with Gasteiger partial charge in [0.25, 0.3) is 5.91 Å². The molecule has 1 aromatic heterocycles. The van der Waals surface area contributed by atoms with Gasteiger partial charge < -0.3 is 34.6 Å². The van der Waals surface area contributed by atoms with Crippen molar-refractivity contribution < 1.29 is 28.6 Å². The minimum absolute atomic E-state index is 0.179. The summed E-state index contributed by atoms with van der Waals surface area (Å²) >= 11 is 1.54. The number of esters is 1. The number of aromatic nitrogens is 1. The van der Waals surface area contributed by atoms with E-state index < -0.39 is 11.6 Å². The summed E-state index contributed by atoms with van der Waals surface area (Å²) in [5, 5.41) is 5.58. The number of benzene rings is 4. The van der Waals surface area contributed by atoms with Crippen molar-refractivity contribution in [2.75, 3.05) is 51.1 Å². The molecule has 12 heteroatoms. The first-order valence-electron chi connectivity index (χ1n) is 16.4. The van der Waals surface area contributed by atoms with Crippen LogP contribution in [0.1, 0.15) is 48.7 Å². The first-order chi connectivity index (χ1) is 24.6. The maximum absolute atomic E-state index is 13.7. The number of ether oxygens (including phenoxy) is 3. The highest BCUT2D eigenvalue weighted by atomic mass is 32.1. The Morgan fingerprint density at radius 1 is 0.922 bits per heavy atom. The summed E-state index contributed by atoms with van der Waals surface area (Å²) in [6.07, 6.45) is 0.640. The molecule has 11 nitrogen and oxygen atoms in total. The van der Waals surface area contributed by atoms with Crippen molar-refractivity contribution >= 4 is 41.0 Å². The molecule has 2 aliphatic heterocycles. The largest absolute Gasteiger partial charge is 0.491 e. The van der Waals surface area contributed by atoms with Gasteiger partial charge in [0.05, 0.1) is 28.2 Å². The van der Waals surface area contributed by atoms with Gasteiger partial charge in [0.2, 0.25) is 6.41 Å². The van der Waals surface area contributed by atoms with Crippen LogP contribution in [0.25, 0.3) is 10.4 Å². The smallest absolute Gasteiger partial charge is 0.340 e. The summed E-state index contributed by atoms with van der Waals surface area (Å²) in [5.74, 6) is 0.894. The summed E-state index contributed by atoms with van der Waals surface area (Å²) in [6, 6.07) is 22.6. The highest BCUT2D eigenvalue weighted by Gasteiger charge is 2.53. The van der Waals surface area contributed by atoms with Crippen molar-refractivity contribution in [2.45, 2.75) is 19.1 Å². The van der Waals surface area contributed by atoms with Crippen LogP contribution in [-0.2, 0) is 21.7 Å². The fourth-order valence-corrected chi connectivity index (χ4v) is 7.34. The molecule has 0 saturated carbocycles. The van der Waals surface area contributed by atoms with Crippen LogP contribution in [-0.4, -0.2) is 64.6 Å². The molecule has 7 rings (SSSR count). The molecule has 2 amide bonds. The maximum atomic E-state index is 13.7. The Hall–Kier alpha value is -5.88. The van der Waals surface area contributed by atoms with Crippen LogP contribution in [0, 0.1) is 6.92 Å². The Bertz CT molecular complexity index is 2120. The van der Waals surface area contributed by atoms with Crippen LogP contribution in [0.15, 0.2) is 78.3 Å². The summed E-state index contributed by atoms with van der Waals surface area (Å²) in [5.41, 5.74) is 7.78. The van der Waals surface area contributed by atoms with Gasteiger partial charge in [0, 0.05) is 86.1 Å². The number of nitrogens with one attached hydrogen (secondary N) is 2. The molecule has 1 spiro atoms. The highest BCUT2D eigenvalue weighted by molar-refractivity contribution is 7.13. The zero-order valence-electron chi connectivity index (χ0n) is 28.9. The van der Waals surface area contributed by atoms with E-state index in [1.54, 1.807) is 23.7 Å². The molecular formula is C39H37N5O6S. The molecule has 51 heavy (non-hydrogen) atoms. The second-order valence-corrected chi connectivity index (χ2v) is 13.6. The molecule has 0 atom stereocenters. The topological polar surface area (TPSA) is 122 Å². The number of carbonyl (C=O) groups is 3. The number of rotatable bonds is 11. The van der Waals surface area contributed by atoms with E-state index in [4.69, 9.17) is 14.2 Å². The molecule has 0 radical (unpaired) electrons. The van der Waals surface area contributed by atoms with Crippen molar-refractivity contribution in [2.24, 2.45) is 0 Å². The van der Waals surface area contributed by atoms with Crippen molar-refractivity contribution in [3.8, 4) is 27.7 Å². The average Bonchev–Trinajstić information content (AvgIpc) is 3.69. The first-order valence-corrected chi connectivity index (χ1v) is 17.3. The number of amides is 2. The number of anilines is 2. The minimum Gasteiger partial charge on any atom is -0.491 e. The quantitative estimate of drug-likeness (QED) is 0.0988. The SMILES string of the molecule is Cc1ncsc1-c1ccc(CNC=O)c(OCCNC(=O)c2ccc3c(c2)C(=O)OC32c3ccc(N(C)C)cc3Oc3cc(N(C)C)ccc32)c1. The van der Waals surface area contributed by atoms with Crippen LogP contribution < -0.4 is 29.9 Å². The second-order valence-electron chi connectivity index (χ2n) is 12.8. The highest BCUT2D eigenvalue weighted by Crippen LogP contribution is 2.57. The molecule has 0 aliphatic carbocycles. The summed E-state index contributed by atoms with van der Waals surface area (Å²) < 4.78 is 18.9. The Kier molecular flexibility index (Phi) is 8.86. The van der Waals surface area contributed by atoms with Gasteiger partial charge in [-0.2, -0.15) is 0 Å². The lowest BCUT2D eigenvalue weighted by Crippen LogP contribution is -2.33. The van der Waals surface area contributed by atoms with Crippen molar-refractivity contribution in [3.05, 3.63) is 117 Å². The number of hydrogen-bond donors (Lipinski definition) is 2. The number of nitrogens with zero attached hydrogens (tertiary/aromatic N) is 3. The summed E-state index contributed by atoms with van der Waals surface area (Å²) in [6.45, 7) is 2.63. The molecule has 0 bridgehead atoms. The molecular weight excluding hydrogens is 667 g/mol. The average molecular weight is 704 g/mol. The Balaban J connectivity index is 1.13. The van der Waals surface area contributed by atoms with Gasteiger partial charge in [-0.1, -0.05) is 18.2 Å². The zero-order valence-corrected chi connectivity index (χ0v) is 29.7. The van der Waals surface area contributed by atoms with E-state index in [1.807, 2.05) is 99.5 Å². The molecule has 3 heterocycles. The molecule has 2 N–H and O–H groups in total. The lowest BCUT2D eigenvalue weighted by Gasteiger charge is -2.37. The summed E-state index contributed by atoms with van der Waals surface area (Å²) in [4.78, 5) is 47.4. The normalized spacial score (nSPS) is 13.3. The Morgan fingerprint density at radius 2 is 1.61 bits per heavy atom. The van der Waals surface area contributed by atoms with Crippen LogP contribution in [0.2, 0.25) is 0 Å². The number of carbonyl (C=O) groups excluding carboxylic acids is 3. The zero-order chi connectivity index (χ0) is 35.9. The minimum atomic E-state index is -1.25. The van der Waals surface area contributed by atoms with Gasteiger partial charge in [0.15, 0.2) is 5.60 Å². The number of thiazole rings is 1. The standard InChI is InChI=1S/C39H37N5O6S/c1-23-36(51-22-42-23)24-6-7-26(20-40-21-45)33(17-24)48-15-14-41-37(46)25-8-11-30-29(16-25)38(47)50-39(30)31-12-9-27(43(2)3)18-34(31)49-35-19-28(44(4)5)10-13-32(35)39/h6-13,16-19,21-22H,14-15,20H2,1-5H3,(H,40,45)(H,41,46). The van der Waals surface area contributed by atoms with Gasteiger partial charge >= 0.3 is 5.97 Å². The van der Waals surface area contributed by atoms with E-state index in [-0.39, 0.29) is 19.1 Å². The van der Waals surface area contributed by atoms with Crippen LogP contribution >= 0.6 is 11.3 Å². The Morgan fingerprint density at radius 3 is 2.24 bits per heavy atom. The fraction of sp³-hybridized carbons (Fsp3) is 0.231. The van der Waals surface area contributed by atoms with E-state index >= 15 is 0 Å². The van der Waals surface area contributed by atoms with E-state index in [2.05, 4.69) is 15.6 Å². The number of hydrogen-bond acceptors (Lipinski definition) is 10. The summed E-state index contributed by atoms with van der Waals surface area (Å²) in [7, 11) is 7.81. The lowest BCUT2D eigenvalue weighted by atomic mass is 9.77. The van der Waals surface area contributed by atoms with Crippen LogP contribution in [0.4, 0.5) is 11.4 Å². The van der Waals surface area contributed by atoms with Gasteiger partial charge in [-0.25, -0.2) is 9.78 Å². The fourth-order valence-electron chi connectivity index (χ4n) is 6.54. The van der Waals surface area contributed by atoms with Gasteiger partial charge in [-0.3, -0.25) is 9.59 Å². The predicted molar refractivity (Wildman–Crippen MR) is 196 cm³/mol. The van der Waals surface area contributed by atoms with Gasteiger partial charge in [-0.15, -0.1) is 11.3 Å². The number of fused-ring (bicyclic) bond motifs is 6. The van der Waals surface area contributed by atoms with Crippen molar-refractivity contribution in [3.63, 3.8) is 0 Å².